The van der Waals surface area contributed by atoms with Crippen LogP contribution in [0.3, 0.4) is 0 Å². The normalized spacial score (nSPS) is 10.9. The molecule has 47 heavy (non-hydrogen) atoms. The zero-order chi connectivity index (χ0) is 35.9. The van der Waals surface area contributed by atoms with Crippen molar-refractivity contribution in [3.05, 3.63) is 71.8 Å². The summed E-state index contributed by atoms with van der Waals surface area (Å²) in [6, 6.07) is 15.5. The number of hydrogen-bond acceptors (Lipinski definition) is 9. The van der Waals surface area contributed by atoms with Crippen LogP contribution in [-0.4, -0.2) is 91.0 Å². The number of aliphatic carboxylic acids is 1. The predicted molar refractivity (Wildman–Crippen MR) is 182 cm³/mol. The Kier molecular flexibility index (Phi) is 21.8. The minimum Gasteiger partial charge on any atom is -0.481 e. The van der Waals surface area contributed by atoms with Gasteiger partial charge in [0.05, 0.1) is 33.0 Å². The Morgan fingerprint density at radius 1 is 0.660 bits per heavy atom. The molecule has 12 nitrogen and oxygen atoms in total. The number of amides is 2. The van der Waals surface area contributed by atoms with Crippen LogP contribution in [0.2, 0.25) is 0 Å². The van der Waals surface area contributed by atoms with Gasteiger partial charge in [-0.2, -0.15) is 0 Å². The van der Waals surface area contributed by atoms with Gasteiger partial charge in [-0.1, -0.05) is 43.3 Å². The van der Waals surface area contributed by atoms with Gasteiger partial charge in [-0.3, -0.25) is 14.4 Å². The first-order chi connectivity index (χ1) is 22.1. The Bertz CT molecular complexity index is 1130. The number of carboxylic acid groups (broad SMARTS) is 1. The molecule has 0 aromatic heterocycles. The average Bonchev–Trinajstić information content (AvgIpc) is 2.98. The van der Waals surface area contributed by atoms with E-state index in [0.717, 1.165) is 34.5 Å². The highest BCUT2D eigenvalue weighted by molar-refractivity contribution is 5.89. The zero-order valence-corrected chi connectivity index (χ0v) is 29.4. The summed E-state index contributed by atoms with van der Waals surface area (Å²) >= 11 is 0. The van der Waals surface area contributed by atoms with Gasteiger partial charge in [0.15, 0.2) is 0 Å². The smallest absolute Gasteiger partial charge is 0.314 e. The van der Waals surface area contributed by atoms with E-state index in [-0.39, 0.29) is 30.4 Å². The highest BCUT2D eigenvalue weighted by Gasteiger charge is 2.33. The Balaban J connectivity index is 0.000000718. The van der Waals surface area contributed by atoms with E-state index in [1.54, 1.807) is 21.1 Å². The van der Waals surface area contributed by atoms with Gasteiger partial charge in [-0.05, 0) is 55.7 Å². The summed E-state index contributed by atoms with van der Waals surface area (Å²) in [5.41, 5.74) is 3.74. The van der Waals surface area contributed by atoms with Crippen LogP contribution in [-0.2, 0) is 49.5 Å². The van der Waals surface area contributed by atoms with Crippen LogP contribution >= 0.6 is 0 Å². The number of anilines is 2. The molecular formula is C35H54N2O10. The van der Waals surface area contributed by atoms with E-state index in [0.29, 0.717) is 26.4 Å². The fraction of sp³-hybridized carbons (Fsp3) is 0.514. The number of benzene rings is 2. The first-order valence-electron chi connectivity index (χ1n) is 14.9. The van der Waals surface area contributed by atoms with E-state index in [2.05, 4.69) is 17.2 Å². The molecule has 0 heterocycles. The third-order valence-corrected chi connectivity index (χ3v) is 6.18. The van der Waals surface area contributed by atoms with Gasteiger partial charge in [0, 0.05) is 59.1 Å². The Hall–Kier alpha value is -3.65. The SMILES string of the molecule is C=C(C)COOCC(C)(COC)COC.CC(=O)Nc1ccc(Cc2ccc(NC(C)=O)cc2)cc1.COCC(C)(COC)C(=O)O. The topological polar surface area (TPSA) is 151 Å². The van der Waals surface area contributed by atoms with Gasteiger partial charge in [0.1, 0.15) is 12.0 Å². The number of hydrogen-bond donors (Lipinski definition) is 3. The lowest BCUT2D eigenvalue weighted by molar-refractivity contribution is -0.307. The lowest BCUT2D eigenvalue weighted by Crippen LogP contribution is -2.36. The van der Waals surface area contributed by atoms with Crippen molar-refractivity contribution in [2.75, 3.05) is 78.7 Å². The van der Waals surface area contributed by atoms with Crippen molar-refractivity contribution in [2.24, 2.45) is 10.8 Å². The highest BCUT2D eigenvalue weighted by atomic mass is 17.2. The van der Waals surface area contributed by atoms with Crippen LogP contribution in [0.1, 0.15) is 45.7 Å². The van der Waals surface area contributed by atoms with Gasteiger partial charge >= 0.3 is 5.97 Å². The van der Waals surface area contributed by atoms with Gasteiger partial charge in [-0.25, -0.2) is 9.78 Å². The summed E-state index contributed by atoms with van der Waals surface area (Å²) < 4.78 is 19.7. The maximum Gasteiger partial charge on any atom is 0.314 e. The van der Waals surface area contributed by atoms with E-state index < -0.39 is 11.4 Å². The molecule has 2 amide bonds. The third-order valence-electron chi connectivity index (χ3n) is 6.18. The minimum absolute atomic E-state index is 0.0729. The molecule has 2 rings (SSSR count). The number of nitrogens with one attached hydrogen (secondary N) is 2. The minimum atomic E-state index is -0.927. The molecule has 0 saturated heterocycles. The van der Waals surface area contributed by atoms with Crippen LogP contribution < -0.4 is 10.6 Å². The fourth-order valence-corrected chi connectivity index (χ4v) is 4.00. The molecule has 0 radical (unpaired) electrons. The Morgan fingerprint density at radius 3 is 1.34 bits per heavy atom. The molecule has 0 fully saturated rings. The fourth-order valence-electron chi connectivity index (χ4n) is 4.00. The number of rotatable bonds is 18. The van der Waals surface area contributed by atoms with Crippen molar-refractivity contribution in [1.82, 2.24) is 0 Å². The number of carboxylic acids is 1. The van der Waals surface area contributed by atoms with Crippen molar-refractivity contribution < 1.29 is 48.2 Å². The monoisotopic (exact) mass is 662 g/mol. The third kappa shape index (κ3) is 20.3. The van der Waals surface area contributed by atoms with Gasteiger partial charge in [0.25, 0.3) is 0 Å². The maximum atomic E-state index is 11.0. The van der Waals surface area contributed by atoms with Crippen LogP contribution in [0.5, 0.6) is 0 Å². The summed E-state index contributed by atoms with van der Waals surface area (Å²) in [5.74, 6) is -1.05. The number of carbonyl (C=O) groups is 3. The van der Waals surface area contributed by atoms with Crippen LogP contribution in [0.15, 0.2) is 60.7 Å². The summed E-state index contributed by atoms with van der Waals surface area (Å²) in [6.45, 7) is 14.5. The van der Waals surface area contributed by atoms with E-state index in [9.17, 15) is 14.4 Å². The number of carbonyl (C=O) groups excluding carboxylic acids is 2. The standard InChI is InChI=1S/C17H18N2O2.C11H22O4.C7H14O4/c1-12(20)18-16-7-3-14(4-8-16)11-15-5-9-17(10-6-15)19-13(2)21;1-10(2)6-14-15-9-11(3,7-12-4)8-13-5;1-7(4-10-2,5-11-3)6(8)9/h3-10H,11H2,1-2H3,(H,18,20)(H,19,21);1,6-9H2,2-5H3;4-5H2,1-3H3,(H,8,9). The van der Waals surface area contributed by atoms with E-state index in [1.165, 1.54) is 28.1 Å². The zero-order valence-electron chi connectivity index (χ0n) is 29.4. The molecule has 264 valence electrons. The summed E-state index contributed by atoms with van der Waals surface area (Å²) in [4.78, 5) is 42.6. The molecule has 2 aromatic rings. The Morgan fingerprint density at radius 2 is 1.04 bits per heavy atom. The molecule has 2 aromatic carbocycles. The lowest BCUT2D eigenvalue weighted by Gasteiger charge is -2.26. The van der Waals surface area contributed by atoms with Gasteiger partial charge in [-0.15, -0.1) is 0 Å². The highest BCUT2D eigenvalue weighted by Crippen LogP contribution is 2.19. The van der Waals surface area contributed by atoms with Crippen LogP contribution in [0, 0.1) is 10.8 Å². The molecule has 0 aliphatic carbocycles. The molecule has 0 aliphatic rings. The van der Waals surface area contributed by atoms with Crippen molar-refractivity contribution >= 4 is 29.2 Å². The quantitative estimate of drug-likeness (QED) is 0.0822. The van der Waals surface area contributed by atoms with E-state index in [1.807, 2.05) is 62.4 Å². The van der Waals surface area contributed by atoms with Gasteiger partial charge in [0.2, 0.25) is 11.8 Å². The molecule has 0 bridgehead atoms. The van der Waals surface area contributed by atoms with Crippen LogP contribution in [0.25, 0.3) is 0 Å². The van der Waals surface area contributed by atoms with Crippen molar-refractivity contribution in [3.63, 3.8) is 0 Å². The Labute approximate surface area is 279 Å². The second-order valence-electron chi connectivity index (χ2n) is 11.8. The van der Waals surface area contributed by atoms with Crippen molar-refractivity contribution in [2.45, 2.75) is 41.0 Å². The molecule has 0 aliphatic heterocycles. The summed E-state index contributed by atoms with van der Waals surface area (Å²) in [5, 5.41) is 14.2. The van der Waals surface area contributed by atoms with E-state index in [4.69, 9.17) is 33.8 Å². The first-order valence-corrected chi connectivity index (χ1v) is 14.9. The number of ether oxygens (including phenoxy) is 4. The summed E-state index contributed by atoms with van der Waals surface area (Å²) in [7, 11) is 6.25. The molecule has 0 atom stereocenters. The molecule has 3 N–H and O–H groups in total. The second-order valence-corrected chi connectivity index (χ2v) is 11.8. The molecular weight excluding hydrogens is 608 g/mol. The predicted octanol–water partition coefficient (Wildman–Crippen LogP) is 5.37. The van der Waals surface area contributed by atoms with E-state index >= 15 is 0 Å². The maximum absolute atomic E-state index is 11.0. The van der Waals surface area contributed by atoms with Gasteiger partial charge < -0.3 is 34.7 Å². The second kappa shape index (κ2) is 23.6. The molecule has 0 saturated carbocycles. The number of methoxy groups -OCH3 is 4. The average molecular weight is 663 g/mol. The first kappa shape index (κ1) is 43.4. The van der Waals surface area contributed by atoms with Crippen molar-refractivity contribution in [3.8, 4) is 0 Å². The molecule has 12 heteroatoms. The van der Waals surface area contributed by atoms with Crippen LogP contribution in [0.4, 0.5) is 11.4 Å². The molecule has 0 unspecified atom stereocenters. The lowest BCUT2D eigenvalue weighted by atomic mass is 9.93. The molecule has 0 spiro atoms. The van der Waals surface area contributed by atoms with Crippen molar-refractivity contribution in [1.29, 1.82) is 0 Å². The largest absolute Gasteiger partial charge is 0.481 e. The summed E-state index contributed by atoms with van der Waals surface area (Å²) in [6.07, 6.45) is 0.806.